The molecule has 2 N–H and O–H groups in total. The molecule has 1 aliphatic rings. The normalized spacial score (nSPS) is 12.9. The first-order valence-electron chi connectivity index (χ1n) is 6.31. The molecule has 0 spiro atoms. The molecule has 1 aromatic carbocycles. The summed E-state index contributed by atoms with van der Waals surface area (Å²) < 4.78 is 1.22. The van der Waals surface area contributed by atoms with Crippen LogP contribution in [0.5, 0.6) is 5.88 Å². The number of aromatic nitrogens is 1. The number of nitrogens with one attached hydrogen (secondary N) is 1. The fourth-order valence-electron chi connectivity index (χ4n) is 2.59. The highest BCUT2D eigenvalue weighted by atomic mass is 16.3. The lowest BCUT2D eigenvalue weighted by Gasteiger charge is -2.15. The quantitative estimate of drug-likeness (QED) is 0.708. The predicted molar refractivity (Wildman–Crippen MR) is 74.7 cm³/mol. The number of nitrogens with zero attached hydrogens (tertiary/aromatic N) is 1. The molecule has 1 aliphatic carbocycles. The van der Waals surface area contributed by atoms with Gasteiger partial charge >= 0.3 is 0 Å². The molecule has 1 heterocycles. The lowest BCUT2D eigenvalue weighted by atomic mass is 9.87. The standard InChI is InChI=1S/C15H12N2O4/c1-7(18)16-11-10-12(17(2)15(11)21)14(20)9-6-4-3-5-8(9)13(10)19/h3-6,21H,1-2H3,(H,16,18). The Bertz CT molecular complexity index is 817. The van der Waals surface area contributed by atoms with E-state index in [1.165, 1.54) is 18.5 Å². The van der Waals surface area contributed by atoms with Gasteiger partial charge in [0.25, 0.3) is 0 Å². The molecule has 1 aromatic heterocycles. The van der Waals surface area contributed by atoms with Crippen LogP contribution in [0.2, 0.25) is 0 Å². The van der Waals surface area contributed by atoms with E-state index < -0.39 is 5.91 Å². The Morgan fingerprint density at radius 1 is 1.14 bits per heavy atom. The van der Waals surface area contributed by atoms with Crippen LogP contribution in [-0.4, -0.2) is 27.1 Å². The summed E-state index contributed by atoms with van der Waals surface area (Å²) in [6.07, 6.45) is 0. The maximum absolute atomic E-state index is 12.6. The van der Waals surface area contributed by atoms with Crippen LogP contribution < -0.4 is 5.32 Å². The zero-order chi connectivity index (χ0) is 15.3. The second-order valence-corrected chi connectivity index (χ2v) is 4.87. The van der Waals surface area contributed by atoms with Crippen molar-refractivity contribution in [2.24, 2.45) is 7.05 Å². The Labute approximate surface area is 120 Å². The number of rotatable bonds is 1. The number of benzene rings is 1. The van der Waals surface area contributed by atoms with E-state index in [2.05, 4.69) is 5.32 Å². The first kappa shape index (κ1) is 13.1. The number of carbonyl (C=O) groups excluding carboxylic acids is 3. The molecule has 6 nitrogen and oxygen atoms in total. The van der Waals surface area contributed by atoms with E-state index in [9.17, 15) is 19.5 Å². The Kier molecular flexibility index (Phi) is 2.69. The SMILES string of the molecule is CC(=O)Nc1c2c(n(C)c1O)C(=O)c1ccccc1C2=O. The van der Waals surface area contributed by atoms with Crippen LogP contribution in [0.1, 0.15) is 38.9 Å². The Morgan fingerprint density at radius 3 is 2.29 bits per heavy atom. The summed E-state index contributed by atoms with van der Waals surface area (Å²) in [6.45, 7) is 1.27. The summed E-state index contributed by atoms with van der Waals surface area (Å²) in [5.41, 5.74) is 0.666. The van der Waals surface area contributed by atoms with E-state index in [0.29, 0.717) is 5.56 Å². The largest absolute Gasteiger partial charge is 0.493 e. The Hall–Kier alpha value is -2.89. The Morgan fingerprint density at radius 2 is 1.71 bits per heavy atom. The number of hydrogen-bond donors (Lipinski definition) is 2. The molecular formula is C15H12N2O4. The molecule has 0 unspecified atom stereocenters. The number of amides is 1. The van der Waals surface area contributed by atoms with Crippen molar-refractivity contribution >= 4 is 23.2 Å². The number of ketones is 2. The van der Waals surface area contributed by atoms with Gasteiger partial charge in [-0.15, -0.1) is 0 Å². The number of anilines is 1. The highest BCUT2D eigenvalue weighted by Gasteiger charge is 2.37. The maximum atomic E-state index is 12.6. The fourth-order valence-corrected chi connectivity index (χ4v) is 2.59. The average molecular weight is 284 g/mol. The van der Waals surface area contributed by atoms with Gasteiger partial charge in [0.2, 0.25) is 17.6 Å². The predicted octanol–water partition coefficient (Wildman–Crippen LogP) is 1.46. The van der Waals surface area contributed by atoms with Crippen LogP contribution in [0, 0.1) is 0 Å². The molecule has 0 radical (unpaired) electrons. The van der Waals surface area contributed by atoms with Crippen molar-refractivity contribution in [1.82, 2.24) is 4.57 Å². The number of carbonyl (C=O) groups is 3. The third-order valence-electron chi connectivity index (χ3n) is 3.52. The van der Waals surface area contributed by atoms with Crippen molar-refractivity contribution in [3.8, 4) is 5.88 Å². The van der Waals surface area contributed by atoms with Gasteiger partial charge in [-0.25, -0.2) is 0 Å². The minimum Gasteiger partial charge on any atom is -0.493 e. The molecular weight excluding hydrogens is 272 g/mol. The summed E-state index contributed by atoms with van der Waals surface area (Å²) in [4.78, 5) is 36.4. The minimum absolute atomic E-state index is 0.0205. The van der Waals surface area contributed by atoms with Crippen molar-refractivity contribution < 1.29 is 19.5 Å². The van der Waals surface area contributed by atoms with Crippen LogP contribution in [0.15, 0.2) is 24.3 Å². The van der Waals surface area contributed by atoms with E-state index >= 15 is 0 Å². The number of aromatic hydroxyl groups is 1. The topological polar surface area (TPSA) is 88.4 Å². The first-order chi connectivity index (χ1) is 9.93. The van der Waals surface area contributed by atoms with Gasteiger partial charge in [0.05, 0.1) is 5.56 Å². The van der Waals surface area contributed by atoms with E-state index in [0.717, 1.165) is 0 Å². The van der Waals surface area contributed by atoms with Gasteiger partial charge in [-0.05, 0) is 0 Å². The van der Waals surface area contributed by atoms with Crippen molar-refractivity contribution in [2.75, 3.05) is 5.32 Å². The van der Waals surface area contributed by atoms with Crippen LogP contribution in [0.4, 0.5) is 5.69 Å². The third-order valence-corrected chi connectivity index (χ3v) is 3.52. The van der Waals surface area contributed by atoms with Gasteiger partial charge in [-0.1, -0.05) is 24.3 Å². The summed E-state index contributed by atoms with van der Waals surface area (Å²) in [6, 6.07) is 6.46. The summed E-state index contributed by atoms with van der Waals surface area (Å²) >= 11 is 0. The molecule has 0 aliphatic heterocycles. The molecule has 0 saturated heterocycles. The molecule has 0 bridgehead atoms. The highest BCUT2D eigenvalue weighted by Crippen LogP contribution is 2.39. The van der Waals surface area contributed by atoms with Crippen LogP contribution >= 0.6 is 0 Å². The lowest BCUT2D eigenvalue weighted by Crippen LogP contribution is -2.23. The fraction of sp³-hybridized carbons (Fsp3) is 0.133. The van der Waals surface area contributed by atoms with E-state index in [-0.39, 0.29) is 40.0 Å². The lowest BCUT2D eigenvalue weighted by molar-refractivity contribution is -0.114. The maximum Gasteiger partial charge on any atom is 0.221 e. The van der Waals surface area contributed by atoms with Gasteiger partial charge in [0.15, 0.2) is 5.78 Å². The van der Waals surface area contributed by atoms with Gasteiger partial charge < -0.3 is 15.0 Å². The van der Waals surface area contributed by atoms with Gasteiger partial charge in [-0.2, -0.15) is 0 Å². The second-order valence-electron chi connectivity index (χ2n) is 4.87. The molecule has 0 atom stereocenters. The molecule has 3 rings (SSSR count). The van der Waals surface area contributed by atoms with Crippen molar-refractivity contribution in [1.29, 1.82) is 0 Å². The molecule has 2 aromatic rings. The summed E-state index contributed by atoms with van der Waals surface area (Å²) in [7, 11) is 1.47. The average Bonchev–Trinajstić information content (AvgIpc) is 2.70. The van der Waals surface area contributed by atoms with Gasteiger partial charge in [0.1, 0.15) is 11.4 Å². The van der Waals surface area contributed by atoms with E-state index in [1.54, 1.807) is 24.3 Å². The first-order valence-corrected chi connectivity index (χ1v) is 6.31. The zero-order valence-electron chi connectivity index (χ0n) is 11.4. The number of hydrogen-bond acceptors (Lipinski definition) is 4. The molecule has 0 fully saturated rings. The second kappa shape index (κ2) is 4.31. The van der Waals surface area contributed by atoms with Gasteiger partial charge in [0, 0.05) is 25.1 Å². The molecule has 6 heteroatoms. The monoisotopic (exact) mass is 284 g/mol. The zero-order valence-corrected chi connectivity index (χ0v) is 11.4. The van der Waals surface area contributed by atoms with Gasteiger partial charge in [-0.3, -0.25) is 14.4 Å². The van der Waals surface area contributed by atoms with Crippen LogP contribution in [-0.2, 0) is 11.8 Å². The third kappa shape index (κ3) is 1.69. The minimum atomic E-state index is -0.433. The number of fused-ring (bicyclic) bond motifs is 2. The summed E-state index contributed by atoms with van der Waals surface area (Å²) in [5.74, 6) is -1.49. The summed E-state index contributed by atoms with van der Waals surface area (Å²) in [5, 5.41) is 12.5. The highest BCUT2D eigenvalue weighted by molar-refractivity contribution is 6.30. The van der Waals surface area contributed by atoms with Crippen molar-refractivity contribution in [3.05, 3.63) is 46.6 Å². The van der Waals surface area contributed by atoms with Crippen LogP contribution in [0.25, 0.3) is 0 Å². The molecule has 106 valence electrons. The smallest absolute Gasteiger partial charge is 0.221 e. The van der Waals surface area contributed by atoms with E-state index in [4.69, 9.17) is 0 Å². The van der Waals surface area contributed by atoms with Crippen molar-refractivity contribution in [3.63, 3.8) is 0 Å². The molecule has 0 saturated carbocycles. The Balaban J connectivity index is 2.33. The van der Waals surface area contributed by atoms with Crippen LogP contribution in [0.3, 0.4) is 0 Å². The van der Waals surface area contributed by atoms with E-state index in [1.807, 2.05) is 0 Å². The molecule has 21 heavy (non-hydrogen) atoms. The molecule has 1 amide bonds. The van der Waals surface area contributed by atoms with Crippen molar-refractivity contribution in [2.45, 2.75) is 6.92 Å².